The van der Waals surface area contributed by atoms with Crippen LogP contribution in [0.4, 0.5) is 4.39 Å². The normalized spacial score (nSPS) is 11.2. The van der Waals surface area contributed by atoms with E-state index in [1.807, 2.05) is 13.0 Å². The van der Waals surface area contributed by atoms with Gasteiger partial charge in [-0.25, -0.2) is 4.39 Å². The van der Waals surface area contributed by atoms with Crippen molar-refractivity contribution in [3.05, 3.63) is 47.7 Å². The van der Waals surface area contributed by atoms with E-state index < -0.39 is 0 Å². The van der Waals surface area contributed by atoms with Crippen LogP contribution in [0.1, 0.15) is 25.2 Å². The predicted octanol–water partition coefficient (Wildman–Crippen LogP) is 3.89. The van der Waals surface area contributed by atoms with Gasteiger partial charge >= 0.3 is 0 Å². The van der Waals surface area contributed by atoms with E-state index in [0.717, 1.165) is 22.5 Å². The van der Waals surface area contributed by atoms with Crippen molar-refractivity contribution in [2.75, 3.05) is 0 Å². The molecule has 1 aromatic heterocycles. The molecule has 0 radical (unpaired) electrons. The minimum atomic E-state index is -0.223. The van der Waals surface area contributed by atoms with Crippen molar-refractivity contribution in [3.8, 4) is 11.1 Å². The van der Waals surface area contributed by atoms with E-state index in [1.54, 1.807) is 18.4 Å². The molecule has 0 spiro atoms. The summed E-state index contributed by atoms with van der Waals surface area (Å²) in [6.45, 7) is 6.78. The first-order valence-electron chi connectivity index (χ1n) is 6.14. The minimum absolute atomic E-state index is 0.223. The van der Waals surface area contributed by atoms with Crippen molar-refractivity contribution in [2.45, 2.75) is 33.4 Å². The topological polar surface area (TPSA) is 25.2 Å². The summed E-state index contributed by atoms with van der Waals surface area (Å²) in [7, 11) is 0. The van der Waals surface area contributed by atoms with Gasteiger partial charge in [0.05, 0.1) is 12.8 Å². The molecule has 0 aliphatic heterocycles. The Morgan fingerprint density at radius 1 is 1.22 bits per heavy atom. The molecule has 0 saturated carbocycles. The Balaban J connectivity index is 2.33. The molecule has 96 valence electrons. The molecule has 0 saturated heterocycles. The molecule has 0 atom stereocenters. The average Bonchev–Trinajstić information content (AvgIpc) is 2.77. The molecule has 3 heteroatoms. The molecular weight excluding hydrogens is 229 g/mol. The van der Waals surface area contributed by atoms with E-state index in [9.17, 15) is 4.39 Å². The highest BCUT2D eigenvalue weighted by Crippen LogP contribution is 2.28. The van der Waals surface area contributed by atoms with Gasteiger partial charge in [0, 0.05) is 11.6 Å². The summed E-state index contributed by atoms with van der Waals surface area (Å²) < 4.78 is 18.8. The Bertz CT molecular complexity index is 531. The molecule has 2 rings (SSSR count). The maximum Gasteiger partial charge on any atom is 0.125 e. The van der Waals surface area contributed by atoms with Gasteiger partial charge in [0.25, 0.3) is 0 Å². The lowest BCUT2D eigenvalue weighted by Crippen LogP contribution is -2.21. The Hall–Kier alpha value is -1.61. The van der Waals surface area contributed by atoms with E-state index in [1.165, 1.54) is 6.07 Å². The van der Waals surface area contributed by atoms with E-state index >= 15 is 0 Å². The summed E-state index contributed by atoms with van der Waals surface area (Å²) >= 11 is 0. The highest BCUT2D eigenvalue weighted by Gasteiger charge is 2.11. The molecule has 2 aromatic rings. The summed E-state index contributed by atoms with van der Waals surface area (Å²) in [6.07, 6.45) is 1.65. The molecule has 0 fully saturated rings. The Morgan fingerprint density at radius 2 is 2.00 bits per heavy atom. The Morgan fingerprint density at radius 3 is 2.72 bits per heavy atom. The van der Waals surface area contributed by atoms with Crippen LogP contribution in [0, 0.1) is 12.7 Å². The summed E-state index contributed by atoms with van der Waals surface area (Å²) in [5.41, 5.74) is 2.90. The summed E-state index contributed by atoms with van der Waals surface area (Å²) in [4.78, 5) is 0. The van der Waals surface area contributed by atoms with Crippen LogP contribution in [0.5, 0.6) is 0 Å². The number of rotatable bonds is 4. The van der Waals surface area contributed by atoms with Gasteiger partial charge in [-0.1, -0.05) is 19.9 Å². The largest absolute Gasteiger partial charge is 0.467 e. The van der Waals surface area contributed by atoms with Crippen molar-refractivity contribution in [1.82, 2.24) is 5.32 Å². The molecule has 1 heterocycles. The molecule has 1 N–H and O–H groups in total. The highest BCUT2D eigenvalue weighted by atomic mass is 19.1. The number of halogens is 1. The summed E-state index contributed by atoms with van der Waals surface area (Å²) in [5, 5.41) is 3.30. The van der Waals surface area contributed by atoms with Crippen molar-refractivity contribution < 1.29 is 8.81 Å². The van der Waals surface area contributed by atoms with Crippen LogP contribution in [-0.4, -0.2) is 6.04 Å². The molecule has 0 aliphatic carbocycles. The average molecular weight is 247 g/mol. The van der Waals surface area contributed by atoms with Crippen molar-refractivity contribution >= 4 is 0 Å². The first-order chi connectivity index (χ1) is 8.58. The SMILES string of the molecule is Cc1ccc(F)cc1-c1ccoc1CNC(C)C. The Kier molecular flexibility index (Phi) is 3.82. The zero-order valence-corrected chi connectivity index (χ0v) is 11.0. The summed E-state index contributed by atoms with van der Waals surface area (Å²) in [6, 6.07) is 7.09. The number of nitrogens with one attached hydrogen (secondary N) is 1. The van der Waals surface area contributed by atoms with E-state index in [4.69, 9.17) is 4.42 Å². The molecule has 18 heavy (non-hydrogen) atoms. The third kappa shape index (κ3) is 2.79. The first-order valence-corrected chi connectivity index (χ1v) is 6.14. The first kappa shape index (κ1) is 12.8. The third-order valence-corrected chi connectivity index (χ3v) is 2.91. The lowest BCUT2D eigenvalue weighted by Gasteiger charge is -2.09. The number of hydrogen-bond donors (Lipinski definition) is 1. The summed E-state index contributed by atoms with van der Waals surface area (Å²) in [5.74, 6) is 0.622. The number of furan rings is 1. The molecule has 0 aliphatic rings. The zero-order chi connectivity index (χ0) is 13.1. The molecule has 1 aromatic carbocycles. The molecule has 0 unspecified atom stereocenters. The smallest absolute Gasteiger partial charge is 0.125 e. The van der Waals surface area contributed by atoms with Crippen LogP contribution >= 0.6 is 0 Å². The van der Waals surface area contributed by atoms with Crippen LogP contribution in [-0.2, 0) is 6.54 Å². The van der Waals surface area contributed by atoms with Crippen molar-refractivity contribution in [3.63, 3.8) is 0 Å². The lowest BCUT2D eigenvalue weighted by atomic mass is 10.0. The third-order valence-electron chi connectivity index (χ3n) is 2.91. The fourth-order valence-electron chi connectivity index (χ4n) is 1.90. The predicted molar refractivity (Wildman–Crippen MR) is 70.8 cm³/mol. The molecular formula is C15H18FNO. The zero-order valence-electron chi connectivity index (χ0n) is 11.0. The highest BCUT2D eigenvalue weighted by molar-refractivity contribution is 5.68. The van der Waals surface area contributed by atoms with Crippen LogP contribution in [0.3, 0.4) is 0 Å². The second-order valence-electron chi connectivity index (χ2n) is 4.75. The molecule has 0 amide bonds. The fourth-order valence-corrected chi connectivity index (χ4v) is 1.90. The van der Waals surface area contributed by atoms with Crippen LogP contribution in [0.2, 0.25) is 0 Å². The van der Waals surface area contributed by atoms with Gasteiger partial charge in [-0.15, -0.1) is 0 Å². The van der Waals surface area contributed by atoms with Crippen LogP contribution < -0.4 is 5.32 Å². The quantitative estimate of drug-likeness (QED) is 0.886. The van der Waals surface area contributed by atoms with Gasteiger partial charge in [0.15, 0.2) is 0 Å². The maximum atomic E-state index is 13.3. The maximum absolute atomic E-state index is 13.3. The van der Waals surface area contributed by atoms with Gasteiger partial charge in [-0.2, -0.15) is 0 Å². The van der Waals surface area contributed by atoms with Crippen molar-refractivity contribution in [1.29, 1.82) is 0 Å². The van der Waals surface area contributed by atoms with E-state index in [2.05, 4.69) is 19.2 Å². The lowest BCUT2D eigenvalue weighted by molar-refractivity contribution is 0.466. The Labute approximate surface area is 107 Å². The second kappa shape index (κ2) is 5.36. The fraction of sp³-hybridized carbons (Fsp3) is 0.333. The molecule has 0 bridgehead atoms. The standard InChI is InChI=1S/C15H18FNO/c1-10(2)17-9-15-13(6-7-18-15)14-8-12(16)5-4-11(14)3/h4-8,10,17H,9H2,1-3H3. The second-order valence-corrected chi connectivity index (χ2v) is 4.75. The monoisotopic (exact) mass is 247 g/mol. The number of aryl methyl sites for hydroxylation is 1. The van der Waals surface area contributed by atoms with Gasteiger partial charge in [0.2, 0.25) is 0 Å². The van der Waals surface area contributed by atoms with Crippen molar-refractivity contribution in [2.24, 2.45) is 0 Å². The number of benzene rings is 1. The minimum Gasteiger partial charge on any atom is -0.467 e. The van der Waals surface area contributed by atoms with Gasteiger partial charge < -0.3 is 9.73 Å². The van der Waals surface area contributed by atoms with E-state index in [-0.39, 0.29) is 5.82 Å². The molecule has 2 nitrogen and oxygen atoms in total. The number of hydrogen-bond acceptors (Lipinski definition) is 2. The van der Waals surface area contributed by atoms with Gasteiger partial charge in [-0.3, -0.25) is 0 Å². The van der Waals surface area contributed by atoms with Gasteiger partial charge in [0.1, 0.15) is 11.6 Å². The van der Waals surface area contributed by atoms with E-state index in [0.29, 0.717) is 12.6 Å². The van der Waals surface area contributed by atoms with Crippen LogP contribution in [0.25, 0.3) is 11.1 Å². The van der Waals surface area contributed by atoms with Gasteiger partial charge in [-0.05, 0) is 36.2 Å². The van der Waals surface area contributed by atoms with Crippen LogP contribution in [0.15, 0.2) is 34.9 Å².